The average molecular weight is 454 g/mol. The van der Waals surface area contributed by atoms with Gasteiger partial charge in [-0.2, -0.15) is 5.10 Å². The van der Waals surface area contributed by atoms with E-state index < -0.39 is 0 Å². The summed E-state index contributed by atoms with van der Waals surface area (Å²) in [7, 11) is 1.62. The van der Waals surface area contributed by atoms with Crippen molar-refractivity contribution >= 4 is 17.2 Å². The first-order valence-corrected chi connectivity index (χ1v) is 12.0. The van der Waals surface area contributed by atoms with Gasteiger partial charge in [0.15, 0.2) is 0 Å². The maximum atomic E-state index is 13.2. The number of aromatic nitrogens is 4. The number of carbonyl (C=O) groups excluding carboxylic acids is 1. The van der Waals surface area contributed by atoms with Crippen molar-refractivity contribution < 1.29 is 9.53 Å². The smallest absolute Gasteiger partial charge is 0.346 e. The van der Waals surface area contributed by atoms with E-state index in [1.165, 1.54) is 16.0 Å². The third kappa shape index (κ3) is 4.14. The van der Waals surface area contributed by atoms with Crippen LogP contribution in [0, 0.1) is 0 Å². The lowest BCUT2D eigenvalue weighted by molar-refractivity contribution is 0.0698. The van der Waals surface area contributed by atoms with Gasteiger partial charge in [-0.15, -0.1) is 11.3 Å². The second-order valence-electron chi connectivity index (χ2n) is 8.45. The normalized spacial score (nSPS) is 18.8. The molecule has 0 radical (unpaired) electrons. The van der Waals surface area contributed by atoms with Gasteiger partial charge in [0, 0.05) is 43.1 Å². The van der Waals surface area contributed by atoms with Crippen molar-refractivity contribution in [2.75, 3.05) is 26.8 Å². The molecule has 0 bridgehead atoms. The molecular weight excluding hydrogens is 426 g/mol. The highest BCUT2D eigenvalue weighted by molar-refractivity contribution is 7.13. The van der Waals surface area contributed by atoms with E-state index in [0.717, 1.165) is 42.1 Å². The molecule has 1 aliphatic heterocycles. The first kappa shape index (κ1) is 21.1. The van der Waals surface area contributed by atoms with Gasteiger partial charge in [0.25, 0.3) is 5.91 Å². The molecule has 0 N–H and O–H groups in total. The molecule has 1 aromatic carbocycles. The van der Waals surface area contributed by atoms with E-state index in [1.807, 2.05) is 45.2 Å². The van der Waals surface area contributed by atoms with Gasteiger partial charge in [0.05, 0.1) is 13.2 Å². The summed E-state index contributed by atoms with van der Waals surface area (Å²) < 4.78 is 8.52. The quantitative estimate of drug-likeness (QED) is 0.549. The summed E-state index contributed by atoms with van der Waals surface area (Å²) in [5.41, 5.74) is 1.44. The van der Waals surface area contributed by atoms with Gasteiger partial charge in [-0.1, -0.05) is 30.3 Å². The number of piperidine rings is 1. The molecule has 3 heterocycles. The summed E-state index contributed by atoms with van der Waals surface area (Å²) >= 11 is 1.49. The molecule has 1 unspecified atom stereocenters. The fraction of sp³-hybridized carbons (Fsp3) is 0.478. The molecule has 8 nitrogen and oxygen atoms in total. The van der Waals surface area contributed by atoms with E-state index in [1.54, 1.807) is 7.11 Å². The first-order chi connectivity index (χ1) is 15.7. The van der Waals surface area contributed by atoms with Crippen molar-refractivity contribution in [1.29, 1.82) is 0 Å². The lowest BCUT2D eigenvalue weighted by Gasteiger charge is -2.32. The molecule has 9 heteroatoms. The summed E-state index contributed by atoms with van der Waals surface area (Å²) in [5, 5.41) is 7.37. The van der Waals surface area contributed by atoms with Crippen LogP contribution in [-0.2, 0) is 11.3 Å². The first-order valence-electron chi connectivity index (χ1n) is 11.1. The van der Waals surface area contributed by atoms with Gasteiger partial charge in [-0.3, -0.25) is 9.36 Å². The Hall–Kier alpha value is -2.78. The zero-order valence-corrected chi connectivity index (χ0v) is 19.0. The Labute approximate surface area is 190 Å². The number of methoxy groups -OCH3 is 1. The SMILES string of the molecule is COCCn1nc(C2CCCN(C(=O)c3csc(-c4ccccc4)n3)C2)n(C2CC2)c1=O. The molecular formula is C23H27N5O3S. The van der Waals surface area contributed by atoms with Crippen LogP contribution in [-0.4, -0.2) is 56.9 Å². The van der Waals surface area contributed by atoms with E-state index in [9.17, 15) is 9.59 Å². The number of benzene rings is 1. The van der Waals surface area contributed by atoms with Crippen LogP contribution in [0.3, 0.4) is 0 Å². The van der Waals surface area contributed by atoms with E-state index in [2.05, 4.69) is 10.1 Å². The summed E-state index contributed by atoms with van der Waals surface area (Å²) in [6.45, 7) is 2.15. The van der Waals surface area contributed by atoms with Crippen LogP contribution < -0.4 is 5.69 Å². The number of ether oxygens (including phenoxy) is 1. The van der Waals surface area contributed by atoms with Crippen molar-refractivity contribution in [1.82, 2.24) is 24.2 Å². The van der Waals surface area contributed by atoms with Crippen LogP contribution >= 0.6 is 11.3 Å². The maximum Gasteiger partial charge on any atom is 0.346 e. The predicted molar refractivity (Wildman–Crippen MR) is 122 cm³/mol. The minimum Gasteiger partial charge on any atom is -0.383 e. The second kappa shape index (κ2) is 8.99. The molecule has 5 rings (SSSR count). The van der Waals surface area contributed by atoms with Crippen LogP contribution in [0.1, 0.15) is 54.0 Å². The highest BCUT2D eigenvalue weighted by Crippen LogP contribution is 2.37. The van der Waals surface area contributed by atoms with Crippen LogP contribution in [0.4, 0.5) is 0 Å². The Balaban J connectivity index is 1.35. The summed E-state index contributed by atoms with van der Waals surface area (Å²) in [6.07, 6.45) is 3.83. The molecule has 2 fully saturated rings. The van der Waals surface area contributed by atoms with E-state index in [-0.39, 0.29) is 23.6 Å². The van der Waals surface area contributed by atoms with Crippen molar-refractivity contribution in [2.24, 2.45) is 0 Å². The molecule has 1 atom stereocenters. The molecule has 3 aromatic rings. The standard InChI is InChI=1S/C23H27N5O3S/c1-31-13-12-27-23(30)28(18-9-10-18)20(25-27)17-8-5-11-26(14-17)22(29)19-15-32-21(24-19)16-6-3-2-4-7-16/h2-4,6-7,15,17-18H,5,8-14H2,1H3. The number of nitrogens with zero attached hydrogens (tertiary/aromatic N) is 5. The molecule has 32 heavy (non-hydrogen) atoms. The molecule has 2 aromatic heterocycles. The lowest BCUT2D eigenvalue weighted by Crippen LogP contribution is -2.40. The summed E-state index contributed by atoms with van der Waals surface area (Å²) in [6, 6.07) is 10.2. The number of likely N-dealkylation sites (tertiary alicyclic amines) is 1. The molecule has 2 aliphatic rings. The number of hydrogen-bond acceptors (Lipinski definition) is 6. The average Bonchev–Trinajstić information content (AvgIpc) is 3.44. The van der Waals surface area contributed by atoms with Crippen molar-refractivity contribution in [3.63, 3.8) is 0 Å². The van der Waals surface area contributed by atoms with Crippen molar-refractivity contribution in [3.05, 3.63) is 57.7 Å². The zero-order chi connectivity index (χ0) is 22.1. The highest BCUT2D eigenvalue weighted by atomic mass is 32.1. The van der Waals surface area contributed by atoms with Gasteiger partial charge in [0.1, 0.15) is 16.5 Å². The van der Waals surface area contributed by atoms with Crippen LogP contribution in [0.5, 0.6) is 0 Å². The van der Waals surface area contributed by atoms with Gasteiger partial charge >= 0.3 is 5.69 Å². The predicted octanol–water partition coefficient (Wildman–Crippen LogP) is 3.17. The molecule has 1 aliphatic carbocycles. The fourth-order valence-electron chi connectivity index (χ4n) is 4.33. The number of thiazole rings is 1. The summed E-state index contributed by atoms with van der Waals surface area (Å²) in [4.78, 5) is 32.6. The minimum atomic E-state index is -0.0602. The van der Waals surface area contributed by atoms with Gasteiger partial charge in [-0.25, -0.2) is 14.5 Å². The number of amides is 1. The van der Waals surface area contributed by atoms with E-state index in [0.29, 0.717) is 31.9 Å². The Morgan fingerprint density at radius 2 is 2.03 bits per heavy atom. The fourth-order valence-corrected chi connectivity index (χ4v) is 5.13. The third-order valence-corrected chi connectivity index (χ3v) is 7.03. The Morgan fingerprint density at radius 1 is 1.22 bits per heavy atom. The van der Waals surface area contributed by atoms with Crippen molar-refractivity contribution in [2.45, 2.75) is 44.2 Å². The van der Waals surface area contributed by atoms with Crippen LogP contribution in [0.25, 0.3) is 10.6 Å². The number of hydrogen-bond donors (Lipinski definition) is 0. The molecule has 1 saturated carbocycles. The van der Waals surface area contributed by atoms with Gasteiger partial charge < -0.3 is 9.64 Å². The lowest BCUT2D eigenvalue weighted by atomic mass is 9.97. The molecule has 1 saturated heterocycles. The van der Waals surface area contributed by atoms with Gasteiger partial charge in [-0.05, 0) is 25.7 Å². The molecule has 0 spiro atoms. The van der Waals surface area contributed by atoms with E-state index >= 15 is 0 Å². The second-order valence-corrected chi connectivity index (χ2v) is 9.31. The van der Waals surface area contributed by atoms with Crippen molar-refractivity contribution in [3.8, 4) is 10.6 Å². The molecule has 168 valence electrons. The number of rotatable bonds is 7. The number of carbonyl (C=O) groups is 1. The van der Waals surface area contributed by atoms with Crippen LogP contribution in [0.15, 0.2) is 40.5 Å². The monoisotopic (exact) mass is 453 g/mol. The Morgan fingerprint density at radius 3 is 2.78 bits per heavy atom. The highest BCUT2D eigenvalue weighted by Gasteiger charge is 2.35. The minimum absolute atomic E-state index is 0.0488. The van der Waals surface area contributed by atoms with E-state index in [4.69, 9.17) is 4.74 Å². The molecule has 1 amide bonds. The Kier molecular flexibility index (Phi) is 5.93. The van der Waals surface area contributed by atoms with Gasteiger partial charge in [0.2, 0.25) is 0 Å². The summed E-state index contributed by atoms with van der Waals surface area (Å²) in [5.74, 6) is 0.818. The zero-order valence-electron chi connectivity index (χ0n) is 18.1. The topological polar surface area (TPSA) is 82.2 Å². The largest absolute Gasteiger partial charge is 0.383 e. The maximum absolute atomic E-state index is 13.2. The Bertz CT molecular complexity index is 1150. The third-order valence-electron chi connectivity index (χ3n) is 6.13. The van der Waals surface area contributed by atoms with Crippen LogP contribution in [0.2, 0.25) is 0 Å².